The lowest BCUT2D eigenvalue weighted by Gasteiger charge is -2.36. The minimum Gasteiger partial charge on any atom is -0.480 e. The molecular formula is C12H14N2O4. The highest BCUT2D eigenvalue weighted by Crippen LogP contribution is 2.19. The van der Waals surface area contributed by atoms with Crippen LogP contribution in [0, 0.1) is 0 Å². The van der Waals surface area contributed by atoms with Crippen LogP contribution in [0.4, 0.5) is 10.5 Å². The monoisotopic (exact) mass is 250 g/mol. The smallest absolute Gasteiger partial charge is 0.410 e. The Balaban J connectivity index is 1.85. The van der Waals surface area contributed by atoms with E-state index >= 15 is 0 Å². The first-order valence-electron chi connectivity index (χ1n) is 5.58. The molecule has 3 N–H and O–H groups in total. The van der Waals surface area contributed by atoms with Gasteiger partial charge in [0, 0.05) is 12.2 Å². The summed E-state index contributed by atoms with van der Waals surface area (Å²) in [7, 11) is 0. The molecule has 96 valence electrons. The summed E-state index contributed by atoms with van der Waals surface area (Å²) in [4.78, 5) is 23.5. The van der Waals surface area contributed by atoms with Gasteiger partial charge in [0.25, 0.3) is 0 Å². The summed E-state index contributed by atoms with van der Waals surface area (Å²) in [5, 5.41) is 8.81. The first-order valence-corrected chi connectivity index (χ1v) is 5.58. The number of carboxylic acids is 1. The Labute approximate surface area is 104 Å². The number of anilines is 1. The van der Waals surface area contributed by atoms with Gasteiger partial charge in [-0.3, -0.25) is 4.90 Å². The van der Waals surface area contributed by atoms with Gasteiger partial charge in [-0.25, -0.2) is 9.59 Å². The second kappa shape index (κ2) is 4.95. The number of hydrogen-bond acceptors (Lipinski definition) is 4. The number of nitrogen functional groups attached to an aromatic ring is 1. The maximum absolute atomic E-state index is 11.6. The lowest BCUT2D eigenvalue weighted by Crippen LogP contribution is -2.55. The van der Waals surface area contributed by atoms with Crippen LogP contribution < -0.4 is 5.73 Å². The summed E-state index contributed by atoms with van der Waals surface area (Å²) in [6.45, 7) is 0.541. The molecule has 0 aliphatic carbocycles. The number of aliphatic carboxylic acids is 1. The van der Waals surface area contributed by atoms with Crippen molar-refractivity contribution < 1.29 is 19.4 Å². The molecule has 1 aromatic rings. The second-order valence-corrected chi connectivity index (χ2v) is 4.13. The average Bonchev–Trinajstić information content (AvgIpc) is 2.26. The number of likely N-dealkylation sites (tertiary alicyclic amines) is 1. The van der Waals surface area contributed by atoms with Crippen molar-refractivity contribution in [2.45, 2.75) is 19.1 Å². The summed E-state index contributed by atoms with van der Waals surface area (Å²) >= 11 is 0. The fourth-order valence-electron chi connectivity index (χ4n) is 1.70. The van der Waals surface area contributed by atoms with Crippen LogP contribution in [0.3, 0.4) is 0 Å². The van der Waals surface area contributed by atoms with Gasteiger partial charge in [0.15, 0.2) is 0 Å². The molecule has 0 unspecified atom stereocenters. The van der Waals surface area contributed by atoms with Gasteiger partial charge in [-0.1, -0.05) is 12.1 Å². The van der Waals surface area contributed by atoms with E-state index in [9.17, 15) is 9.59 Å². The number of nitrogens with two attached hydrogens (primary N) is 1. The molecule has 0 aromatic heterocycles. The summed E-state index contributed by atoms with van der Waals surface area (Å²) in [5.41, 5.74) is 6.98. The van der Waals surface area contributed by atoms with Crippen LogP contribution in [0.1, 0.15) is 12.0 Å². The number of carbonyl (C=O) groups excluding carboxylic acids is 1. The van der Waals surface area contributed by atoms with Crippen LogP contribution >= 0.6 is 0 Å². The maximum Gasteiger partial charge on any atom is 0.410 e. The third kappa shape index (κ3) is 2.53. The third-order valence-corrected chi connectivity index (χ3v) is 2.88. The minimum absolute atomic E-state index is 0.113. The van der Waals surface area contributed by atoms with E-state index in [0.29, 0.717) is 18.7 Å². The topological polar surface area (TPSA) is 92.9 Å². The molecule has 1 aromatic carbocycles. The number of hydrogen-bond donors (Lipinski definition) is 2. The predicted octanol–water partition coefficient (Wildman–Crippen LogP) is 1.06. The molecule has 6 heteroatoms. The van der Waals surface area contributed by atoms with Crippen molar-refractivity contribution in [2.75, 3.05) is 12.3 Å². The molecule has 1 aliphatic rings. The van der Waals surface area contributed by atoms with Gasteiger partial charge in [-0.2, -0.15) is 0 Å². The van der Waals surface area contributed by atoms with Gasteiger partial charge in [-0.05, 0) is 24.1 Å². The number of benzene rings is 1. The fraction of sp³-hybridized carbons (Fsp3) is 0.333. The standard InChI is InChI=1S/C12H14N2O4/c13-9-3-1-8(2-4-9)7-18-12(17)14-6-5-10(14)11(15)16/h1-4,10H,5-7,13H2,(H,15,16)/t10-/m0/s1. The first-order chi connectivity index (χ1) is 8.58. The van der Waals surface area contributed by atoms with Gasteiger partial charge < -0.3 is 15.6 Å². The van der Waals surface area contributed by atoms with Crippen molar-refractivity contribution in [3.05, 3.63) is 29.8 Å². The van der Waals surface area contributed by atoms with Crippen molar-refractivity contribution in [1.82, 2.24) is 4.90 Å². The van der Waals surface area contributed by atoms with Crippen LogP contribution in [0.15, 0.2) is 24.3 Å². The first kappa shape index (κ1) is 12.2. The normalized spacial score (nSPS) is 18.0. The lowest BCUT2D eigenvalue weighted by atomic mass is 10.1. The summed E-state index contributed by atoms with van der Waals surface area (Å²) < 4.78 is 5.04. The zero-order chi connectivity index (χ0) is 13.1. The Bertz CT molecular complexity index is 458. The van der Waals surface area contributed by atoms with Crippen molar-refractivity contribution >= 4 is 17.7 Å². The van der Waals surface area contributed by atoms with E-state index in [2.05, 4.69) is 0 Å². The molecule has 1 saturated heterocycles. The largest absolute Gasteiger partial charge is 0.480 e. The molecule has 1 aliphatic heterocycles. The Morgan fingerprint density at radius 3 is 2.56 bits per heavy atom. The molecular weight excluding hydrogens is 236 g/mol. The van der Waals surface area contributed by atoms with Crippen LogP contribution in [0.2, 0.25) is 0 Å². The molecule has 1 heterocycles. The van der Waals surface area contributed by atoms with Crippen molar-refractivity contribution in [1.29, 1.82) is 0 Å². The number of amides is 1. The highest BCUT2D eigenvalue weighted by Gasteiger charge is 2.38. The van der Waals surface area contributed by atoms with Gasteiger partial charge in [0.2, 0.25) is 0 Å². The zero-order valence-corrected chi connectivity index (χ0v) is 9.70. The van der Waals surface area contributed by atoms with Crippen molar-refractivity contribution in [2.24, 2.45) is 0 Å². The minimum atomic E-state index is -0.995. The number of carbonyl (C=O) groups is 2. The number of rotatable bonds is 3. The summed E-state index contributed by atoms with van der Waals surface area (Å²) in [6.07, 6.45) is -0.114. The van der Waals surface area contributed by atoms with Crippen molar-refractivity contribution in [3.8, 4) is 0 Å². The fourth-order valence-corrected chi connectivity index (χ4v) is 1.70. The number of ether oxygens (including phenoxy) is 1. The Kier molecular flexibility index (Phi) is 3.36. The maximum atomic E-state index is 11.6. The van der Waals surface area contributed by atoms with Crippen LogP contribution in [-0.4, -0.2) is 34.7 Å². The molecule has 0 bridgehead atoms. The van der Waals surface area contributed by atoms with Gasteiger partial charge in [-0.15, -0.1) is 0 Å². The van der Waals surface area contributed by atoms with Gasteiger partial charge in [0.05, 0.1) is 0 Å². The van der Waals surface area contributed by atoms with Crippen LogP contribution in [0.25, 0.3) is 0 Å². The van der Waals surface area contributed by atoms with Crippen molar-refractivity contribution in [3.63, 3.8) is 0 Å². The Morgan fingerprint density at radius 1 is 1.39 bits per heavy atom. The summed E-state index contributed by atoms with van der Waals surface area (Å²) in [6, 6.07) is 6.20. The van der Waals surface area contributed by atoms with E-state index in [1.807, 2.05) is 0 Å². The van der Waals surface area contributed by atoms with E-state index < -0.39 is 18.1 Å². The van der Waals surface area contributed by atoms with E-state index in [1.165, 1.54) is 4.90 Å². The molecule has 1 fully saturated rings. The quantitative estimate of drug-likeness (QED) is 0.782. The average molecular weight is 250 g/mol. The molecule has 18 heavy (non-hydrogen) atoms. The van der Waals surface area contributed by atoms with Crippen LogP contribution in [-0.2, 0) is 16.1 Å². The number of nitrogens with zero attached hydrogens (tertiary/aromatic N) is 1. The highest BCUT2D eigenvalue weighted by molar-refractivity contribution is 5.81. The van der Waals surface area contributed by atoms with Crippen LogP contribution in [0.5, 0.6) is 0 Å². The molecule has 1 atom stereocenters. The van der Waals surface area contributed by atoms with E-state index in [0.717, 1.165) is 5.56 Å². The Hall–Kier alpha value is -2.24. The highest BCUT2D eigenvalue weighted by atomic mass is 16.6. The molecule has 0 spiro atoms. The molecule has 0 saturated carbocycles. The molecule has 1 amide bonds. The zero-order valence-electron chi connectivity index (χ0n) is 9.70. The SMILES string of the molecule is Nc1ccc(COC(=O)N2CC[C@H]2C(=O)O)cc1. The molecule has 6 nitrogen and oxygen atoms in total. The lowest BCUT2D eigenvalue weighted by molar-refractivity contribution is -0.146. The van der Waals surface area contributed by atoms with Gasteiger partial charge >= 0.3 is 12.1 Å². The predicted molar refractivity (Wildman–Crippen MR) is 63.8 cm³/mol. The van der Waals surface area contributed by atoms with E-state index in [-0.39, 0.29) is 6.61 Å². The third-order valence-electron chi connectivity index (χ3n) is 2.88. The van der Waals surface area contributed by atoms with E-state index in [4.69, 9.17) is 15.6 Å². The molecule has 2 rings (SSSR count). The summed E-state index contributed by atoms with van der Waals surface area (Å²) in [5.74, 6) is -0.995. The second-order valence-electron chi connectivity index (χ2n) is 4.13. The van der Waals surface area contributed by atoms with E-state index in [1.54, 1.807) is 24.3 Å². The van der Waals surface area contributed by atoms with Gasteiger partial charge in [0.1, 0.15) is 12.6 Å². The number of carboxylic acid groups (broad SMARTS) is 1. The molecule has 0 radical (unpaired) electrons. The Morgan fingerprint density at radius 2 is 2.06 bits per heavy atom.